The highest BCUT2D eigenvalue weighted by Gasteiger charge is 2.19. The molecule has 1 amide bonds. The van der Waals surface area contributed by atoms with E-state index in [1.54, 1.807) is 18.9 Å². The van der Waals surface area contributed by atoms with Gasteiger partial charge >= 0.3 is 0 Å². The zero-order chi connectivity index (χ0) is 17.7. The molecule has 4 heteroatoms. The van der Waals surface area contributed by atoms with E-state index < -0.39 is 11.6 Å². The molecule has 0 saturated carbocycles. The van der Waals surface area contributed by atoms with Gasteiger partial charge in [-0.3, -0.25) is 4.79 Å². The Morgan fingerprint density at radius 2 is 1.62 bits per heavy atom. The van der Waals surface area contributed by atoms with Crippen LogP contribution < -0.4 is 4.90 Å². The normalized spacial score (nSPS) is 12.0. The maximum absolute atomic E-state index is 13.3. The molecule has 0 radical (unpaired) electrons. The first-order chi connectivity index (χ1) is 11.4. The van der Waals surface area contributed by atoms with Crippen molar-refractivity contribution in [3.8, 4) is 0 Å². The second-order valence-electron chi connectivity index (χ2n) is 6.20. The van der Waals surface area contributed by atoms with Crippen LogP contribution in [0.25, 0.3) is 0 Å². The second kappa shape index (κ2) is 8.04. The van der Waals surface area contributed by atoms with E-state index in [4.69, 9.17) is 0 Å². The fraction of sp³-hybridized carbons (Fsp3) is 0.350. The zero-order valence-electron chi connectivity index (χ0n) is 14.4. The van der Waals surface area contributed by atoms with Gasteiger partial charge in [-0.1, -0.05) is 32.4 Å². The van der Waals surface area contributed by atoms with Gasteiger partial charge in [-0.25, -0.2) is 8.78 Å². The van der Waals surface area contributed by atoms with Crippen molar-refractivity contribution in [2.75, 3.05) is 11.9 Å². The van der Waals surface area contributed by atoms with E-state index >= 15 is 0 Å². The first kappa shape index (κ1) is 18.1. The highest BCUT2D eigenvalue weighted by Crippen LogP contribution is 2.19. The van der Waals surface area contributed by atoms with Crippen molar-refractivity contribution in [3.63, 3.8) is 0 Å². The molecule has 1 atom stereocenters. The molecule has 0 bridgehead atoms. The summed E-state index contributed by atoms with van der Waals surface area (Å²) in [6, 6.07) is 11.3. The summed E-state index contributed by atoms with van der Waals surface area (Å²) < 4.78 is 26.5. The smallest absolute Gasteiger partial charge is 0.229 e. The molecule has 0 unspecified atom stereocenters. The van der Waals surface area contributed by atoms with Gasteiger partial charge < -0.3 is 4.90 Å². The molecule has 2 rings (SSSR count). The van der Waals surface area contributed by atoms with E-state index in [0.717, 1.165) is 24.6 Å². The van der Waals surface area contributed by atoms with Crippen molar-refractivity contribution < 1.29 is 13.6 Å². The molecule has 2 nitrogen and oxygen atoms in total. The van der Waals surface area contributed by atoms with Gasteiger partial charge in [0.15, 0.2) is 0 Å². The molecule has 0 aliphatic carbocycles. The second-order valence-corrected chi connectivity index (χ2v) is 6.20. The number of nitrogens with zero attached hydrogens (tertiary/aromatic N) is 1. The van der Waals surface area contributed by atoms with Crippen LogP contribution in [0.2, 0.25) is 0 Å². The number of hydrogen-bond donors (Lipinski definition) is 0. The molecule has 0 aliphatic rings. The summed E-state index contributed by atoms with van der Waals surface area (Å²) in [7, 11) is 1.72. The monoisotopic (exact) mass is 331 g/mol. The third-order valence-corrected chi connectivity index (χ3v) is 4.08. The number of carbonyl (C=O) groups excluding carboxylic acids is 1. The molecule has 0 N–H and O–H groups in total. The first-order valence-corrected chi connectivity index (χ1v) is 8.22. The fourth-order valence-electron chi connectivity index (χ4n) is 2.80. The lowest BCUT2D eigenvalue weighted by molar-refractivity contribution is -0.121. The summed E-state index contributed by atoms with van der Waals surface area (Å²) in [4.78, 5) is 14.2. The average molecular weight is 331 g/mol. The quantitative estimate of drug-likeness (QED) is 0.747. The van der Waals surface area contributed by atoms with Crippen molar-refractivity contribution >= 4 is 11.6 Å². The summed E-state index contributed by atoms with van der Waals surface area (Å²) in [6.07, 6.45) is 2.39. The Hall–Kier alpha value is -2.23. The minimum atomic E-state index is -0.621. The minimum Gasteiger partial charge on any atom is -0.315 e. The largest absolute Gasteiger partial charge is 0.315 e. The number of halogens is 2. The van der Waals surface area contributed by atoms with Crippen molar-refractivity contribution in [3.05, 3.63) is 65.2 Å². The number of carbonyl (C=O) groups is 1. The lowest BCUT2D eigenvalue weighted by Crippen LogP contribution is -2.32. The Bertz CT molecular complexity index is 677. The molecule has 0 heterocycles. The summed E-state index contributed by atoms with van der Waals surface area (Å²) >= 11 is 0. The first-order valence-electron chi connectivity index (χ1n) is 8.22. The number of aryl methyl sites for hydroxylation is 1. The van der Waals surface area contributed by atoms with Gasteiger partial charge in [-0.05, 0) is 48.2 Å². The van der Waals surface area contributed by atoms with E-state index in [1.165, 1.54) is 17.7 Å². The van der Waals surface area contributed by atoms with Crippen LogP contribution in [0, 0.1) is 17.6 Å². The highest BCUT2D eigenvalue weighted by atomic mass is 19.1. The van der Waals surface area contributed by atoms with E-state index in [2.05, 4.69) is 6.92 Å². The predicted octanol–water partition coefficient (Wildman–Crippen LogP) is 4.76. The maximum Gasteiger partial charge on any atom is 0.229 e. The van der Waals surface area contributed by atoms with Crippen molar-refractivity contribution in [2.45, 2.75) is 33.1 Å². The Labute approximate surface area is 142 Å². The number of benzene rings is 2. The van der Waals surface area contributed by atoms with Crippen molar-refractivity contribution in [2.24, 2.45) is 5.92 Å². The van der Waals surface area contributed by atoms with E-state index in [0.29, 0.717) is 12.0 Å². The molecule has 0 aromatic heterocycles. The Balaban J connectivity index is 2.05. The highest BCUT2D eigenvalue weighted by molar-refractivity contribution is 5.94. The van der Waals surface area contributed by atoms with Crippen molar-refractivity contribution in [1.82, 2.24) is 0 Å². The third kappa shape index (κ3) is 4.63. The molecule has 24 heavy (non-hydrogen) atoms. The summed E-state index contributed by atoms with van der Waals surface area (Å²) in [6.45, 7) is 3.90. The number of anilines is 1. The van der Waals surface area contributed by atoms with Crippen LogP contribution >= 0.6 is 0 Å². The van der Waals surface area contributed by atoms with Crippen molar-refractivity contribution in [1.29, 1.82) is 0 Å². The molecule has 0 fully saturated rings. The molecule has 2 aromatic carbocycles. The van der Waals surface area contributed by atoms with Gasteiger partial charge in [0.2, 0.25) is 5.91 Å². The molecular weight excluding hydrogens is 308 g/mol. The lowest BCUT2D eigenvalue weighted by atomic mass is 9.99. The van der Waals surface area contributed by atoms with E-state index in [1.807, 2.05) is 24.3 Å². The van der Waals surface area contributed by atoms with Crippen LogP contribution in [0.15, 0.2) is 42.5 Å². The van der Waals surface area contributed by atoms with Crippen LogP contribution in [-0.4, -0.2) is 13.0 Å². The molecule has 2 aromatic rings. The van der Waals surface area contributed by atoms with Gasteiger partial charge in [0.1, 0.15) is 11.6 Å². The predicted molar refractivity (Wildman–Crippen MR) is 93.1 cm³/mol. The fourth-order valence-corrected chi connectivity index (χ4v) is 2.80. The van der Waals surface area contributed by atoms with Crippen LogP contribution in [0.4, 0.5) is 14.5 Å². The van der Waals surface area contributed by atoms with Gasteiger partial charge in [-0.2, -0.15) is 0 Å². The molecule has 0 aliphatic heterocycles. The van der Waals surface area contributed by atoms with Crippen LogP contribution in [0.3, 0.4) is 0 Å². The summed E-state index contributed by atoms with van der Waals surface area (Å²) in [5, 5.41) is 0. The molecule has 128 valence electrons. The number of amides is 1. The Kier molecular flexibility index (Phi) is 6.07. The molecule has 0 spiro atoms. The summed E-state index contributed by atoms with van der Waals surface area (Å²) in [5.74, 6) is -1.69. The lowest BCUT2D eigenvalue weighted by Gasteiger charge is -2.22. The SMILES string of the molecule is CCCc1ccc(N(C)C(=O)[C@@H](C)Cc2cc(F)cc(F)c2)cc1. The van der Waals surface area contributed by atoms with E-state index in [-0.39, 0.29) is 11.8 Å². The average Bonchev–Trinajstić information content (AvgIpc) is 2.53. The topological polar surface area (TPSA) is 20.3 Å². The van der Waals surface area contributed by atoms with Crippen LogP contribution in [0.5, 0.6) is 0 Å². The third-order valence-electron chi connectivity index (χ3n) is 4.08. The van der Waals surface area contributed by atoms with Crippen LogP contribution in [-0.2, 0) is 17.6 Å². The maximum atomic E-state index is 13.3. The Morgan fingerprint density at radius 1 is 1.04 bits per heavy atom. The Morgan fingerprint density at radius 3 is 2.17 bits per heavy atom. The number of rotatable bonds is 6. The van der Waals surface area contributed by atoms with Gasteiger partial charge in [0.25, 0.3) is 0 Å². The van der Waals surface area contributed by atoms with Crippen LogP contribution in [0.1, 0.15) is 31.4 Å². The van der Waals surface area contributed by atoms with E-state index in [9.17, 15) is 13.6 Å². The molecular formula is C20H23F2NO. The standard InChI is InChI=1S/C20H23F2NO/c1-4-5-15-6-8-19(9-7-15)23(3)20(24)14(2)10-16-11-17(21)13-18(22)12-16/h6-9,11-14H,4-5,10H2,1-3H3/t14-/m0/s1. The minimum absolute atomic E-state index is 0.0806. The summed E-state index contributed by atoms with van der Waals surface area (Å²) in [5.41, 5.74) is 2.54. The zero-order valence-corrected chi connectivity index (χ0v) is 14.4. The van der Waals surface area contributed by atoms with Gasteiger partial charge in [-0.15, -0.1) is 0 Å². The van der Waals surface area contributed by atoms with Gasteiger partial charge in [0, 0.05) is 24.7 Å². The van der Waals surface area contributed by atoms with Gasteiger partial charge in [0.05, 0.1) is 0 Å². The number of hydrogen-bond acceptors (Lipinski definition) is 1. The molecule has 0 saturated heterocycles.